The Morgan fingerprint density at radius 3 is 2.79 bits per heavy atom. The van der Waals surface area contributed by atoms with Crippen LogP contribution in [-0.2, 0) is 4.79 Å². The summed E-state index contributed by atoms with van der Waals surface area (Å²) in [6.45, 7) is -0.0206. The summed E-state index contributed by atoms with van der Waals surface area (Å²) in [6, 6.07) is 10.2. The lowest BCUT2D eigenvalue weighted by atomic mass is 10.1. The predicted molar refractivity (Wildman–Crippen MR) is 94.3 cm³/mol. The number of ether oxygens (including phenoxy) is 1. The van der Waals surface area contributed by atoms with E-state index >= 15 is 0 Å². The molecule has 0 bridgehead atoms. The maximum absolute atomic E-state index is 12.5. The van der Waals surface area contributed by atoms with Crippen LogP contribution < -0.4 is 20.3 Å². The minimum absolute atomic E-state index is 0.0206. The van der Waals surface area contributed by atoms with Crippen LogP contribution in [0.3, 0.4) is 0 Å². The van der Waals surface area contributed by atoms with E-state index in [-0.39, 0.29) is 18.4 Å². The van der Waals surface area contributed by atoms with Gasteiger partial charge in [-0.2, -0.15) is 0 Å². The van der Waals surface area contributed by atoms with Gasteiger partial charge in [0.2, 0.25) is 0 Å². The van der Waals surface area contributed by atoms with Crippen molar-refractivity contribution >= 4 is 40.5 Å². The molecule has 0 atom stereocenters. The summed E-state index contributed by atoms with van der Waals surface area (Å²) in [5.41, 5.74) is 2.33. The molecule has 0 radical (unpaired) electrons. The lowest BCUT2D eigenvalue weighted by Crippen LogP contribution is -2.25. The van der Waals surface area contributed by atoms with Gasteiger partial charge in [0.1, 0.15) is 5.75 Å². The topological polar surface area (TPSA) is 70.7 Å². The molecule has 0 aliphatic carbocycles. The quantitative estimate of drug-likeness (QED) is 0.897. The smallest absolute Gasteiger partial charge is 0.262 e. The van der Waals surface area contributed by atoms with Gasteiger partial charge in [0, 0.05) is 24.7 Å². The lowest BCUT2D eigenvalue weighted by Gasteiger charge is -2.20. The van der Waals surface area contributed by atoms with E-state index in [1.54, 1.807) is 30.3 Å². The maximum Gasteiger partial charge on any atom is 0.262 e. The molecule has 2 amide bonds. The van der Waals surface area contributed by atoms with E-state index in [9.17, 15) is 9.59 Å². The third kappa shape index (κ3) is 3.28. The number of anilines is 3. The first-order valence-corrected chi connectivity index (χ1v) is 7.67. The van der Waals surface area contributed by atoms with Gasteiger partial charge >= 0.3 is 0 Å². The number of hydrogen-bond donors (Lipinski definition) is 2. The van der Waals surface area contributed by atoms with Crippen molar-refractivity contribution in [2.24, 2.45) is 0 Å². The SMILES string of the molecule is CN(C)c1ccc(Cl)cc1NC(=O)c1ccc2c(c1)NC(=O)CO2. The molecule has 0 saturated carbocycles. The number of benzene rings is 2. The summed E-state index contributed by atoms with van der Waals surface area (Å²) in [5.74, 6) is -0.00401. The van der Waals surface area contributed by atoms with Gasteiger partial charge in [0.25, 0.3) is 11.8 Å². The van der Waals surface area contributed by atoms with E-state index in [2.05, 4.69) is 10.6 Å². The van der Waals surface area contributed by atoms with Crippen molar-refractivity contribution in [3.63, 3.8) is 0 Å². The fraction of sp³-hybridized carbons (Fsp3) is 0.176. The van der Waals surface area contributed by atoms with Gasteiger partial charge in [0.15, 0.2) is 6.61 Å². The zero-order valence-corrected chi connectivity index (χ0v) is 14.0. The summed E-state index contributed by atoms with van der Waals surface area (Å²) in [5, 5.41) is 6.06. The van der Waals surface area contributed by atoms with Crippen LogP contribution in [0.25, 0.3) is 0 Å². The number of carbonyl (C=O) groups is 2. The molecule has 124 valence electrons. The summed E-state index contributed by atoms with van der Waals surface area (Å²) < 4.78 is 5.29. The molecule has 2 aromatic carbocycles. The van der Waals surface area contributed by atoms with E-state index in [1.165, 1.54) is 0 Å². The minimum atomic E-state index is -0.303. The third-order valence-corrected chi connectivity index (χ3v) is 3.80. The Labute approximate surface area is 144 Å². The molecule has 1 aliphatic heterocycles. The van der Waals surface area contributed by atoms with Crippen LogP contribution >= 0.6 is 11.6 Å². The first kappa shape index (κ1) is 16.1. The fourth-order valence-electron chi connectivity index (χ4n) is 2.42. The Morgan fingerprint density at radius 1 is 1.25 bits per heavy atom. The van der Waals surface area contributed by atoms with Crippen molar-refractivity contribution in [2.45, 2.75) is 0 Å². The van der Waals surface area contributed by atoms with Crippen molar-refractivity contribution in [2.75, 3.05) is 36.2 Å². The second kappa shape index (κ2) is 6.41. The van der Waals surface area contributed by atoms with Crippen LogP contribution in [0, 0.1) is 0 Å². The van der Waals surface area contributed by atoms with E-state index in [4.69, 9.17) is 16.3 Å². The van der Waals surface area contributed by atoms with Crippen molar-refractivity contribution in [1.29, 1.82) is 0 Å². The summed E-state index contributed by atoms with van der Waals surface area (Å²) in [4.78, 5) is 25.8. The van der Waals surface area contributed by atoms with E-state index in [1.807, 2.05) is 25.1 Å². The highest BCUT2D eigenvalue weighted by Crippen LogP contribution is 2.31. The minimum Gasteiger partial charge on any atom is -0.482 e. The molecular weight excluding hydrogens is 330 g/mol. The van der Waals surface area contributed by atoms with E-state index in [0.717, 1.165) is 5.69 Å². The van der Waals surface area contributed by atoms with Crippen molar-refractivity contribution in [3.8, 4) is 5.75 Å². The fourth-order valence-corrected chi connectivity index (χ4v) is 2.59. The first-order chi connectivity index (χ1) is 11.4. The Kier molecular flexibility index (Phi) is 4.31. The highest BCUT2D eigenvalue weighted by Gasteiger charge is 2.18. The molecule has 3 rings (SSSR count). The average Bonchev–Trinajstić information content (AvgIpc) is 2.53. The van der Waals surface area contributed by atoms with Crippen molar-refractivity contribution in [1.82, 2.24) is 0 Å². The largest absolute Gasteiger partial charge is 0.482 e. The van der Waals surface area contributed by atoms with Gasteiger partial charge in [-0.15, -0.1) is 0 Å². The van der Waals surface area contributed by atoms with Gasteiger partial charge < -0.3 is 20.3 Å². The number of carbonyl (C=O) groups excluding carboxylic acids is 2. The molecule has 24 heavy (non-hydrogen) atoms. The molecule has 0 saturated heterocycles. The van der Waals surface area contributed by atoms with Crippen LogP contribution in [0.15, 0.2) is 36.4 Å². The zero-order valence-electron chi connectivity index (χ0n) is 13.2. The Hall–Kier alpha value is -2.73. The number of fused-ring (bicyclic) bond motifs is 1. The monoisotopic (exact) mass is 345 g/mol. The Bertz CT molecular complexity index is 821. The first-order valence-electron chi connectivity index (χ1n) is 7.29. The number of nitrogens with zero attached hydrogens (tertiary/aromatic N) is 1. The van der Waals surface area contributed by atoms with Gasteiger partial charge in [-0.1, -0.05) is 11.6 Å². The molecule has 7 heteroatoms. The van der Waals surface area contributed by atoms with Crippen LogP contribution in [0.4, 0.5) is 17.1 Å². The highest BCUT2D eigenvalue weighted by molar-refractivity contribution is 6.31. The number of amides is 2. The molecule has 2 aromatic rings. The van der Waals surface area contributed by atoms with E-state index in [0.29, 0.717) is 27.7 Å². The average molecular weight is 346 g/mol. The van der Waals surface area contributed by atoms with Crippen LogP contribution in [0.5, 0.6) is 5.75 Å². The van der Waals surface area contributed by atoms with Crippen molar-refractivity contribution in [3.05, 3.63) is 47.0 Å². The molecule has 0 spiro atoms. The van der Waals surface area contributed by atoms with Crippen LogP contribution in [-0.4, -0.2) is 32.5 Å². The predicted octanol–water partition coefficient (Wildman–Crippen LogP) is 2.99. The van der Waals surface area contributed by atoms with E-state index < -0.39 is 0 Å². The molecule has 1 heterocycles. The Morgan fingerprint density at radius 2 is 2.04 bits per heavy atom. The molecule has 2 N–H and O–H groups in total. The lowest BCUT2D eigenvalue weighted by molar-refractivity contribution is -0.118. The second-order valence-corrected chi connectivity index (χ2v) is 5.99. The van der Waals surface area contributed by atoms with Gasteiger partial charge in [-0.05, 0) is 36.4 Å². The number of nitrogens with one attached hydrogen (secondary N) is 2. The van der Waals surface area contributed by atoms with Gasteiger partial charge in [-0.25, -0.2) is 0 Å². The Balaban J connectivity index is 1.87. The summed E-state index contributed by atoms with van der Waals surface area (Å²) in [6.07, 6.45) is 0. The summed E-state index contributed by atoms with van der Waals surface area (Å²) in [7, 11) is 3.76. The molecule has 0 aromatic heterocycles. The second-order valence-electron chi connectivity index (χ2n) is 5.56. The van der Waals surface area contributed by atoms with Crippen LogP contribution in [0.2, 0.25) is 5.02 Å². The number of hydrogen-bond acceptors (Lipinski definition) is 4. The molecule has 6 nitrogen and oxygen atoms in total. The molecule has 0 fully saturated rings. The molecule has 1 aliphatic rings. The standard InChI is InChI=1S/C17H16ClN3O3/c1-21(2)14-5-4-11(18)8-12(14)20-17(23)10-3-6-15-13(7-10)19-16(22)9-24-15/h3-8H,9H2,1-2H3,(H,19,22)(H,20,23). The van der Waals surface area contributed by atoms with Gasteiger partial charge in [0.05, 0.1) is 17.1 Å². The summed E-state index contributed by atoms with van der Waals surface area (Å²) >= 11 is 6.03. The maximum atomic E-state index is 12.5. The molecule has 0 unspecified atom stereocenters. The normalized spacial score (nSPS) is 12.7. The third-order valence-electron chi connectivity index (χ3n) is 3.56. The van der Waals surface area contributed by atoms with Gasteiger partial charge in [-0.3, -0.25) is 9.59 Å². The molecular formula is C17H16ClN3O3. The van der Waals surface area contributed by atoms with Crippen LogP contribution in [0.1, 0.15) is 10.4 Å². The van der Waals surface area contributed by atoms with Crippen molar-refractivity contribution < 1.29 is 14.3 Å². The number of halogens is 1. The number of rotatable bonds is 3. The zero-order chi connectivity index (χ0) is 17.3. The highest BCUT2D eigenvalue weighted by atomic mass is 35.5.